The molecule has 1 aliphatic rings. The fourth-order valence-corrected chi connectivity index (χ4v) is 3.09. The van der Waals surface area contributed by atoms with E-state index in [-0.39, 0.29) is 24.1 Å². The molecule has 30 heavy (non-hydrogen) atoms. The Morgan fingerprint density at radius 1 is 0.900 bits per heavy atom. The number of rotatable bonds is 15. The average Bonchev–Trinajstić information content (AvgIpc) is 2.70. The van der Waals surface area contributed by atoms with Gasteiger partial charge >= 0.3 is 5.96 Å². The number of guanidine groups is 1. The summed E-state index contributed by atoms with van der Waals surface area (Å²) in [4.78, 5) is 31.2. The van der Waals surface area contributed by atoms with E-state index in [2.05, 4.69) is 36.5 Å². The van der Waals surface area contributed by atoms with Gasteiger partial charge in [-0.2, -0.15) is 0 Å². The summed E-state index contributed by atoms with van der Waals surface area (Å²) in [6.45, 7) is 7.83. The van der Waals surface area contributed by atoms with Gasteiger partial charge in [0, 0.05) is 71.7 Å². The largest absolute Gasteiger partial charge is 0.356 e. The maximum atomic E-state index is 11.9. The molecule has 0 aromatic carbocycles. The minimum Gasteiger partial charge on any atom is -0.356 e. The highest BCUT2D eigenvalue weighted by Gasteiger charge is 2.18. The monoisotopic (exact) mass is 430 g/mol. The van der Waals surface area contributed by atoms with Crippen LogP contribution in [0.2, 0.25) is 0 Å². The van der Waals surface area contributed by atoms with Crippen molar-refractivity contribution in [3.8, 4) is 0 Å². The standard InChI is InChI=1S/C18H40N10O2/c19-17(20)25-7-1-5-23-15(29)3-9-27-11-13-28(14-12-27)10-4-16(30)24-6-2-8-26-18(21)22/h17,25H,1-14,19-20H2,(H,23,29)(H,24,30)(H4,21,22,26)/p+2. The van der Waals surface area contributed by atoms with Crippen LogP contribution < -0.4 is 43.9 Å². The zero-order valence-electron chi connectivity index (χ0n) is 18.1. The number of carbonyl (C=O) groups is 2. The van der Waals surface area contributed by atoms with Crippen LogP contribution >= 0.6 is 0 Å². The van der Waals surface area contributed by atoms with Gasteiger partial charge in [-0.05, 0) is 12.8 Å². The van der Waals surface area contributed by atoms with Gasteiger partial charge in [0.2, 0.25) is 11.8 Å². The number of hydrogen-bond donors (Lipinski definition) is 8. The quantitative estimate of drug-likeness (QED) is 0.0543. The van der Waals surface area contributed by atoms with Crippen LogP contribution in [0.25, 0.3) is 0 Å². The van der Waals surface area contributed by atoms with E-state index in [1.54, 1.807) is 0 Å². The molecular weight excluding hydrogens is 388 g/mol. The molecule has 0 aliphatic carbocycles. The molecule has 1 heterocycles. The first kappa shape index (κ1) is 26.0. The summed E-state index contributed by atoms with van der Waals surface area (Å²) >= 11 is 0. The molecule has 0 bridgehead atoms. The molecule has 2 amide bonds. The molecular formula is C18H42N10O2+2. The van der Waals surface area contributed by atoms with Crippen molar-refractivity contribution < 1.29 is 20.3 Å². The Morgan fingerprint density at radius 3 is 1.87 bits per heavy atom. The van der Waals surface area contributed by atoms with Gasteiger partial charge in [-0.3, -0.25) is 37.1 Å². The summed E-state index contributed by atoms with van der Waals surface area (Å²) in [5.41, 5.74) is 19.8. The lowest BCUT2D eigenvalue weighted by Crippen LogP contribution is -2.78. The summed E-state index contributed by atoms with van der Waals surface area (Å²) in [5, 5.41) is 8.84. The van der Waals surface area contributed by atoms with Crippen LogP contribution in [0.5, 0.6) is 0 Å². The highest BCUT2D eigenvalue weighted by molar-refractivity contribution is 5.76. The molecule has 0 aromatic rings. The number of carbonyl (C=O) groups excluding carboxylic acids is 2. The molecule has 1 fully saturated rings. The zero-order chi connectivity index (χ0) is 22.2. The van der Waals surface area contributed by atoms with E-state index in [4.69, 9.17) is 17.2 Å². The number of nitrogens with zero attached hydrogens (tertiary/aromatic N) is 2. The molecule has 12 nitrogen and oxygen atoms in total. The molecule has 174 valence electrons. The Labute approximate surface area is 179 Å². The lowest BCUT2D eigenvalue weighted by molar-refractivity contribution is -0.459. The van der Waals surface area contributed by atoms with Crippen LogP contribution in [0.3, 0.4) is 0 Å². The van der Waals surface area contributed by atoms with E-state index < -0.39 is 0 Å². The second-order valence-electron chi connectivity index (χ2n) is 7.53. The van der Waals surface area contributed by atoms with E-state index in [0.717, 1.165) is 58.7 Å². The molecule has 0 aromatic heterocycles. The first-order valence-electron chi connectivity index (χ1n) is 10.8. The van der Waals surface area contributed by atoms with Gasteiger partial charge in [0.1, 0.15) is 0 Å². The first-order valence-corrected chi connectivity index (χ1v) is 10.8. The molecule has 1 rings (SSSR count). The highest BCUT2D eigenvalue weighted by atomic mass is 16.2. The summed E-state index contributed by atoms with van der Waals surface area (Å²) < 4.78 is 0. The van der Waals surface area contributed by atoms with Crippen molar-refractivity contribution in [1.29, 1.82) is 0 Å². The van der Waals surface area contributed by atoms with Crippen LogP contribution in [-0.4, -0.2) is 99.3 Å². The molecule has 1 atom stereocenters. The Kier molecular flexibility index (Phi) is 13.7. The zero-order valence-corrected chi connectivity index (χ0v) is 18.1. The fraction of sp³-hybridized carbons (Fsp3) is 0.833. The van der Waals surface area contributed by atoms with Gasteiger partial charge in [0.25, 0.3) is 0 Å². The minimum atomic E-state index is -0.267. The Morgan fingerprint density at radius 2 is 1.40 bits per heavy atom. The second-order valence-corrected chi connectivity index (χ2v) is 7.53. The summed E-state index contributed by atoms with van der Waals surface area (Å²) in [5.74, 6) is 0.339. The van der Waals surface area contributed by atoms with Crippen molar-refractivity contribution in [2.24, 2.45) is 17.2 Å². The van der Waals surface area contributed by atoms with Gasteiger partial charge in [0.05, 0.1) is 6.54 Å². The molecule has 13 N–H and O–H groups in total. The Balaban J connectivity index is 2.01. The van der Waals surface area contributed by atoms with E-state index in [1.165, 1.54) is 0 Å². The van der Waals surface area contributed by atoms with Crippen molar-refractivity contribution in [3.63, 3.8) is 0 Å². The van der Waals surface area contributed by atoms with E-state index in [9.17, 15) is 9.59 Å². The predicted octanol–water partition coefficient (Wildman–Crippen LogP) is -6.18. The van der Waals surface area contributed by atoms with Crippen LogP contribution in [0.1, 0.15) is 25.7 Å². The number of piperazine rings is 1. The average molecular weight is 431 g/mol. The van der Waals surface area contributed by atoms with Crippen molar-refractivity contribution in [2.45, 2.75) is 32.0 Å². The summed E-state index contributed by atoms with van der Waals surface area (Å²) in [7, 11) is 0. The van der Waals surface area contributed by atoms with Gasteiger partial charge in [-0.15, -0.1) is 0 Å². The molecule has 1 saturated heterocycles. The topological polar surface area (TPSA) is 196 Å². The Bertz CT molecular complexity index is 517. The third-order valence-corrected chi connectivity index (χ3v) is 4.86. The molecule has 0 radical (unpaired) electrons. The molecule has 0 saturated carbocycles. The molecule has 0 spiro atoms. The van der Waals surface area contributed by atoms with Crippen LogP contribution in [0, 0.1) is 0 Å². The van der Waals surface area contributed by atoms with E-state index >= 15 is 0 Å². The second kappa shape index (κ2) is 15.8. The van der Waals surface area contributed by atoms with Gasteiger partial charge < -0.3 is 26.2 Å². The normalized spacial score (nSPS) is 16.1. The third-order valence-electron chi connectivity index (χ3n) is 4.86. The van der Waals surface area contributed by atoms with Gasteiger partial charge in [-0.1, -0.05) is 0 Å². The maximum Gasteiger partial charge on any atom is 0.338 e. The van der Waals surface area contributed by atoms with Crippen molar-refractivity contribution in [2.75, 3.05) is 65.4 Å². The van der Waals surface area contributed by atoms with E-state index in [1.807, 2.05) is 0 Å². The fourth-order valence-electron chi connectivity index (χ4n) is 3.09. The third kappa shape index (κ3) is 14.1. The molecule has 1 unspecified atom stereocenters. The van der Waals surface area contributed by atoms with Crippen LogP contribution in [0.4, 0.5) is 0 Å². The number of nitrogens with one attached hydrogen (secondary N) is 4. The van der Waals surface area contributed by atoms with Gasteiger partial charge in [0.15, 0.2) is 6.29 Å². The SMILES string of the molecule is NC(N)=[NH+]CCCNC(=O)CCN1CCN(CCC(=O)NCCCNC(N)[NH3+])CC1. The predicted molar refractivity (Wildman–Crippen MR) is 115 cm³/mol. The number of nitrogens with two attached hydrogens (primary N) is 3. The van der Waals surface area contributed by atoms with Crippen molar-refractivity contribution >= 4 is 17.8 Å². The first-order chi connectivity index (χ1) is 14.4. The number of amides is 2. The minimum absolute atomic E-state index is 0.0613. The van der Waals surface area contributed by atoms with Crippen LogP contribution in [0.15, 0.2) is 0 Å². The maximum absolute atomic E-state index is 11.9. The van der Waals surface area contributed by atoms with E-state index in [0.29, 0.717) is 32.5 Å². The van der Waals surface area contributed by atoms with Gasteiger partial charge in [-0.25, -0.2) is 0 Å². The van der Waals surface area contributed by atoms with Crippen molar-refractivity contribution in [3.05, 3.63) is 0 Å². The highest BCUT2D eigenvalue weighted by Crippen LogP contribution is 2.03. The smallest absolute Gasteiger partial charge is 0.338 e. The van der Waals surface area contributed by atoms with Crippen molar-refractivity contribution in [1.82, 2.24) is 25.8 Å². The number of hydrogen-bond acceptors (Lipinski definition) is 6. The molecule has 12 heteroatoms. The lowest BCUT2D eigenvalue weighted by atomic mass is 10.2. The molecule has 1 aliphatic heterocycles. The summed E-state index contributed by atoms with van der Waals surface area (Å²) in [6, 6.07) is 0. The van der Waals surface area contributed by atoms with Crippen LogP contribution in [-0.2, 0) is 9.59 Å². The lowest BCUT2D eigenvalue weighted by Gasteiger charge is -2.34. The summed E-state index contributed by atoms with van der Waals surface area (Å²) in [6.07, 6.45) is 2.34. The number of quaternary nitrogens is 1. The Hall–Kier alpha value is -1.99.